The normalized spacial score (nSPS) is 17.4. The number of rotatable bonds is 6. The van der Waals surface area contributed by atoms with Gasteiger partial charge >= 0.3 is 0 Å². The SMILES string of the molecule is C[C@@H](N)C(=O)NCc1ccccc1CS(=O)(=O)N1CCCC1. The van der Waals surface area contributed by atoms with Crippen LogP contribution in [0.3, 0.4) is 0 Å². The summed E-state index contributed by atoms with van der Waals surface area (Å²) in [4.78, 5) is 11.6. The van der Waals surface area contributed by atoms with E-state index < -0.39 is 16.1 Å². The second-order valence-electron chi connectivity index (χ2n) is 5.64. The molecule has 0 saturated carbocycles. The lowest BCUT2D eigenvalue weighted by atomic mass is 10.1. The van der Waals surface area contributed by atoms with Gasteiger partial charge in [0.05, 0.1) is 11.8 Å². The fraction of sp³-hybridized carbons (Fsp3) is 0.533. The van der Waals surface area contributed by atoms with E-state index in [4.69, 9.17) is 5.73 Å². The third-order valence-corrected chi connectivity index (χ3v) is 5.61. The molecule has 22 heavy (non-hydrogen) atoms. The molecule has 1 heterocycles. The maximum absolute atomic E-state index is 12.4. The Balaban J connectivity index is 2.09. The first-order chi connectivity index (χ1) is 10.4. The van der Waals surface area contributed by atoms with Crippen LogP contribution in [0.1, 0.15) is 30.9 Å². The van der Waals surface area contributed by atoms with E-state index in [0.29, 0.717) is 13.1 Å². The molecule has 2 rings (SSSR count). The summed E-state index contributed by atoms with van der Waals surface area (Å²) in [5, 5.41) is 2.72. The van der Waals surface area contributed by atoms with Crippen molar-refractivity contribution in [1.29, 1.82) is 0 Å². The van der Waals surface area contributed by atoms with Crippen LogP contribution >= 0.6 is 0 Å². The zero-order valence-electron chi connectivity index (χ0n) is 12.8. The van der Waals surface area contributed by atoms with Gasteiger partial charge in [0.15, 0.2) is 0 Å². The van der Waals surface area contributed by atoms with Gasteiger partial charge in [0, 0.05) is 19.6 Å². The summed E-state index contributed by atoms with van der Waals surface area (Å²) in [6, 6.07) is 6.68. The number of amides is 1. The number of nitrogens with one attached hydrogen (secondary N) is 1. The number of nitrogens with two attached hydrogens (primary N) is 1. The molecular weight excluding hydrogens is 302 g/mol. The highest BCUT2D eigenvalue weighted by Gasteiger charge is 2.26. The van der Waals surface area contributed by atoms with Crippen LogP contribution in [-0.2, 0) is 27.1 Å². The van der Waals surface area contributed by atoms with Crippen molar-refractivity contribution in [3.05, 3.63) is 35.4 Å². The molecule has 6 nitrogen and oxygen atoms in total. The van der Waals surface area contributed by atoms with Crippen LogP contribution in [0.25, 0.3) is 0 Å². The Bertz CT molecular complexity index is 623. The van der Waals surface area contributed by atoms with Crippen LogP contribution in [0.2, 0.25) is 0 Å². The fourth-order valence-electron chi connectivity index (χ4n) is 2.47. The summed E-state index contributed by atoms with van der Waals surface area (Å²) in [6.07, 6.45) is 1.84. The molecule has 1 aromatic rings. The van der Waals surface area contributed by atoms with Crippen molar-refractivity contribution < 1.29 is 13.2 Å². The lowest BCUT2D eigenvalue weighted by Crippen LogP contribution is -2.38. The van der Waals surface area contributed by atoms with Gasteiger partial charge in [0.1, 0.15) is 0 Å². The molecule has 7 heteroatoms. The van der Waals surface area contributed by atoms with E-state index in [0.717, 1.165) is 24.0 Å². The van der Waals surface area contributed by atoms with E-state index in [1.807, 2.05) is 18.2 Å². The summed E-state index contributed by atoms with van der Waals surface area (Å²) in [5.74, 6) is -0.283. The van der Waals surface area contributed by atoms with Crippen LogP contribution < -0.4 is 11.1 Å². The minimum atomic E-state index is -3.29. The van der Waals surface area contributed by atoms with Gasteiger partial charge in [0.2, 0.25) is 15.9 Å². The minimum Gasteiger partial charge on any atom is -0.351 e. The minimum absolute atomic E-state index is 0.0305. The van der Waals surface area contributed by atoms with Crippen molar-refractivity contribution in [3.63, 3.8) is 0 Å². The molecular formula is C15H23N3O3S. The topological polar surface area (TPSA) is 92.5 Å². The van der Waals surface area contributed by atoms with E-state index in [1.54, 1.807) is 17.3 Å². The molecule has 1 aliphatic heterocycles. The van der Waals surface area contributed by atoms with E-state index in [-0.39, 0.29) is 18.2 Å². The second-order valence-corrected chi connectivity index (χ2v) is 7.61. The van der Waals surface area contributed by atoms with Gasteiger partial charge in [-0.3, -0.25) is 4.79 Å². The average Bonchev–Trinajstić information content (AvgIpc) is 3.00. The predicted octanol–water partition coefficient (Wildman–Crippen LogP) is 0.576. The monoisotopic (exact) mass is 325 g/mol. The molecule has 1 atom stereocenters. The first kappa shape index (κ1) is 16.9. The Kier molecular flexibility index (Phi) is 5.55. The zero-order valence-corrected chi connectivity index (χ0v) is 13.6. The molecule has 0 aromatic heterocycles. The molecule has 0 aliphatic carbocycles. The Morgan fingerprint density at radius 3 is 2.45 bits per heavy atom. The smallest absolute Gasteiger partial charge is 0.236 e. The van der Waals surface area contributed by atoms with Gasteiger partial charge in [-0.05, 0) is 30.9 Å². The lowest BCUT2D eigenvalue weighted by Gasteiger charge is -2.17. The van der Waals surface area contributed by atoms with Crippen LogP contribution in [0.5, 0.6) is 0 Å². The second kappa shape index (κ2) is 7.21. The molecule has 1 aromatic carbocycles. The van der Waals surface area contributed by atoms with Crippen LogP contribution in [0.15, 0.2) is 24.3 Å². The summed E-state index contributed by atoms with van der Waals surface area (Å²) >= 11 is 0. The third-order valence-electron chi connectivity index (χ3n) is 3.78. The van der Waals surface area contributed by atoms with Crippen molar-refractivity contribution in [2.24, 2.45) is 5.73 Å². The molecule has 1 amide bonds. The first-order valence-corrected chi connectivity index (χ1v) is 9.09. The van der Waals surface area contributed by atoms with E-state index in [2.05, 4.69) is 5.32 Å². The molecule has 1 fully saturated rings. The molecule has 0 radical (unpaired) electrons. The molecule has 3 N–H and O–H groups in total. The maximum atomic E-state index is 12.4. The van der Waals surface area contributed by atoms with E-state index >= 15 is 0 Å². The number of nitrogens with zero attached hydrogens (tertiary/aromatic N) is 1. The summed E-state index contributed by atoms with van der Waals surface area (Å²) in [5.41, 5.74) is 7.03. The number of benzene rings is 1. The number of carbonyl (C=O) groups excluding carboxylic acids is 1. The van der Waals surface area contributed by atoms with Crippen LogP contribution in [-0.4, -0.2) is 37.8 Å². The molecule has 1 aliphatic rings. The standard InChI is InChI=1S/C15H23N3O3S/c1-12(16)15(19)17-10-13-6-2-3-7-14(13)11-22(20,21)18-8-4-5-9-18/h2-3,6-7,12H,4-5,8-11,16H2,1H3,(H,17,19)/t12-/m1/s1. The third kappa shape index (κ3) is 4.28. The van der Waals surface area contributed by atoms with Crippen molar-refractivity contribution in [3.8, 4) is 0 Å². The Labute approximate surface area is 131 Å². The van der Waals surface area contributed by atoms with Gasteiger partial charge in [-0.25, -0.2) is 12.7 Å². The number of carbonyl (C=O) groups is 1. The Morgan fingerprint density at radius 1 is 1.27 bits per heavy atom. The summed E-state index contributed by atoms with van der Waals surface area (Å²) in [7, 11) is -3.29. The highest BCUT2D eigenvalue weighted by Crippen LogP contribution is 2.19. The Hall–Kier alpha value is -1.44. The quantitative estimate of drug-likeness (QED) is 0.800. The van der Waals surface area contributed by atoms with Crippen molar-refractivity contribution >= 4 is 15.9 Å². The lowest BCUT2D eigenvalue weighted by molar-refractivity contribution is -0.122. The summed E-state index contributed by atoms with van der Waals surface area (Å²) < 4.78 is 26.4. The van der Waals surface area contributed by atoms with Crippen LogP contribution in [0, 0.1) is 0 Å². The molecule has 0 spiro atoms. The zero-order chi connectivity index (χ0) is 16.2. The molecule has 122 valence electrons. The Morgan fingerprint density at radius 2 is 1.86 bits per heavy atom. The van der Waals surface area contributed by atoms with Crippen molar-refractivity contribution in [2.45, 2.75) is 38.1 Å². The van der Waals surface area contributed by atoms with E-state index in [1.165, 1.54) is 0 Å². The van der Waals surface area contributed by atoms with E-state index in [9.17, 15) is 13.2 Å². The van der Waals surface area contributed by atoms with Crippen molar-refractivity contribution in [2.75, 3.05) is 13.1 Å². The molecule has 0 unspecified atom stereocenters. The predicted molar refractivity (Wildman–Crippen MR) is 85.4 cm³/mol. The molecule has 1 saturated heterocycles. The van der Waals surface area contributed by atoms with Crippen LogP contribution in [0.4, 0.5) is 0 Å². The first-order valence-electron chi connectivity index (χ1n) is 7.48. The number of hydrogen-bond donors (Lipinski definition) is 2. The largest absolute Gasteiger partial charge is 0.351 e. The van der Waals surface area contributed by atoms with Gasteiger partial charge in [-0.2, -0.15) is 0 Å². The van der Waals surface area contributed by atoms with Gasteiger partial charge in [-0.1, -0.05) is 24.3 Å². The van der Waals surface area contributed by atoms with Gasteiger partial charge < -0.3 is 11.1 Å². The van der Waals surface area contributed by atoms with Gasteiger partial charge in [0.25, 0.3) is 0 Å². The summed E-state index contributed by atoms with van der Waals surface area (Å²) in [6.45, 7) is 3.10. The fourth-order valence-corrected chi connectivity index (χ4v) is 4.14. The van der Waals surface area contributed by atoms with Crippen molar-refractivity contribution in [1.82, 2.24) is 9.62 Å². The van der Waals surface area contributed by atoms with Gasteiger partial charge in [-0.15, -0.1) is 0 Å². The highest BCUT2D eigenvalue weighted by atomic mass is 32.2. The number of sulfonamides is 1. The number of hydrogen-bond acceptors (Lipinski definition) is 4. The highest BCUT2D eigenvalue weighted by molar-refractivity contribution is 7.88. The molecule has 0 bridgehead atoms. The average molecular weight is 325 g/mol. The maximum Gasteiger partial charge on any atom is 0.236 e.